The molecule has 2 aromatic carbocycles. The molecule has 2 rings (SSSR count). The number of benzene rings is 2. The zero-order chi connectivity index (χ0) is 40.3. The van der Waals surface area contributed by atoms with Crippen LogP contribution in [0, 0.1) is 12.3 Å². The molecule has 0 fully saturated rings. The quantitative estimate of drug-likeness (QED) is 0.0763. The molecule has 2 N–H and O–H groups in total. The van der Waals surface area contributed by atoms with E-state index in [1.807, 2.05) is 0 Å². The average molecular weight is 793 g/mol. The first kappa shape index (κ1) is 48.1. The highest BCUT2D eigenvalue weighted by Gasteiger charge is 2.19. The molecular weight excluding hydrogens is 732 g/mol. The summed E-state index contributed by atoms with van der Waals surface area (Å²) in [6.07, 6.45) is 5.89. The largest absolute Gasteiger partial charge is 0.487 e. The fourth-order valence-electron chi connectivity index (χ4n) is 4.50. The van der Waals surface area contributed by atoms with Gasteiger partial charge in [-0.05, 0) is 42.8 Å². The maximum Gasteiger partial charge on any atom is 0.251 e. The van der Waals surface area contributed by atoms with Crippen molar-refractivity contribution in [3.8, 4) is 29.6 Å². The van der Waals surface area contributed by atoms with Crippen molar-refractivity contribution in [3.63, 3.8) is 0 Å². The molecule has 2 amide bonds. The van der Waals surface area contributed by atoms with Crippen LogP contribution in [0.25, 0.3) is 0 Å². The highest BCUT2D eigenvalue weighted by Crippen LogP contribution is 2.39. The van der Waals surface area contributed by atoms with Gasteiger partial charge in [-0.15, -0.1) is 6.42 Å². The number of hydrogen-bond donors (Lipinski definition) is 2. The van der Waals surface area contributed by atoms with Crippen LogP contribution in [0.5, 0.6) is 17.2 Å². The van der Waals surface area contributed by atoms with E-state index in [0.29, 0.717) is 116 Å². The van der Waals surface area contributed by atoms with Gasteiger partial charge in [0.15, 0.2) is 11.5 Å². The van der Waals surface area contributed by atoms with Crippen molar-refractivity contribution in [2.45, 2.75) is 6.42 Å². The van der Waals surface area contributed by atoms with Crippen LogP contribution in [0.1, 0.15) is 32.7 Å². The van der Waals surface area contributed by atoms with Gasteiger partial charge in [0, 0.05) is 51.1 Å². The molecule has 2 aromatic rings. The van der Waals surface area contributed by atoms with Crippen molar-refractivity contribution < 1.29 is 66.4 Å². The molecule has 0 aliphatic heterocycles. The molecule has 0 saturated carbocycles. The number of rotatable bonds is 36. The molecule has 16 heteroatoms. The highest BCUT2D eigenvalue weighted by molar-refractivity contribution is 5.96. The lowest BCUT2D eigenvalue weighted by molar-refractivity contribution is 0.0146. The predicted molar refractivity (Wildman–Crippen MR) is 207 cm³/mol. The highest BCUT2D eigenvalue weighted by atomic mass is 16.6. The first-order valence-electron chi connectivity index (χ1n) is 18.7. The van der Waals surface area contributed by atoms with Crippen LogP contribution in [0.2, 0.25) is 0 Å². The third-order valence-electron chi connectivity index (χ3n) is 7.38. The molecule has 0 aliphatic rings. The topological polar surface area (TPSA) is 169 Å². The monoisotopic (exact) mass is 792 g/mol. The summed E-state index contributed by atoms with van der Waals surface area (Å²) in [5.41, 5.74) is 1.47. The summed E-state index contributed by atoms with van der Waals surface area (Å²) in [5, 5.41) is 5.75. The molecule has 0 saturated heterocycles. The second-order valence-corrected chi connectivity index (χ2v) is 11.6. The van der Waals surface area contributed by atoms with Gasteiger partial charge < -0.3 is 67.5 Å². The van der Waals surface area contributed by atoms with Crippen molar-refractivity contribution in [1.29, 1.82) is 0 Å². The Balaban J connectivity index is 2.07. The minimum Gasteiger partial charge on any atom is -0.487 e. The predicted octanol–water partition coefficient (Wildman–Crippen LogP) is 2.39. The van der Waals surface area contributed by atoms with Gasteiger partial charge in [-0.1, -0.05) is 5.92 Å². The molecule has 0 bridgehead atoms. The molecule has 314 valence electrons. The Bertz CT molecular complexity index is 1310. The molecule has 0 spiro atoms. The van der Waals surface area contributed by atoms with Crippen LogP contribution in [0.3, 0.4) is 0 Å². The number of nitrogens with one attached hydrogen (secondary N) is 2. The van der Waals surface area contributed by atoms with Gasteiger partial charge in [0.2, 0.25) is 5.75 Å². The first-order valence-corrected chi connectivity index (χ1v) is 18.7. The maximum atomic E-state index is 13.4. The van der Waals surface area contributed by atoms with E-state index < -0.39 is 0 Å². The van der Waals surface area contributed by atoms with E-state index in [-0.39, 0.29) is 68.5 Å². The van der Waals surface area contributed by atoms with Gasteiger partial charge in [0.25, 0.3) is 11.8 Å². The lowest BCUT2D eigenvalue weighted by Gasteiger charge is -2.19. The summed E-state index contributed by atoms with van der Waals surface area (Å²) < 4.78 is 66.6. The Kier molecular flexibility index (Phi) is 28.5. The maximum absolute atomic E-state index is 13.4. The van der Waals surface area contributed by atoms with E-state index in [0.717, 1.165) is 0 Å². The van der Waals surface area contributed by atoms with E-state index in [4.69, 9.17) is 63.3 Å². The molecular formula is C40H60N2O14. The zero-order valence-corrected chi connectivity index (χ0v) is 33.1. The van der Waals surface area contributed by atoms with Crippen molar-refractivity contribution >= 4 is 11.8 Å². The molecule has 56 heavy (non-hydrogen) atoms. The number of carbonyl (C=O) groups is 2. The number of carbonyl (C=O) groups excluding carboxylic acids is 2. The minimum absolute atomic E-state index is 0.158. The molecule has 0 aromatic heterocycles. The van der Waals surface area contributed by atoms with Gasteiger partial charge in [-0.2, -0.15) is 0 Å². The second kappa shape index (κ2) is 33.2. The van der Waals surface area contributed by atoms with Gasteiger partial charge in [-0.3, -0.25) is 9.59 Å². The molecule has 0 aliphatic carbocycles. The normalized spacial score (nSPS) is 10.9. The van der Waals surface area contributed by atoms with Crippen LogP contribution in [-0.2, 0) is 42.6 Å². The van der Waals surface area contributed by atoms with Crippen LogP contribution >= 0.6 is 0 Å². The molecule has 0 heterocycles. The second-order valence-electron chi connectivity index (χ2n) is 11.6. The third-order valence-corrected chi connectivity index (χ3v) is 7.38. The van der Waals surface area contributed by atoms with Crippen molar-refractivity contribution in [3.05, 3.63) is 53.1 Å². The Hall–Kier alpha value is -4.02. The van der Waals surface area contributed by atoms with E-state index in [9.17, 15) is 9.59 Å². The summed E-state index contributed by atoms with van der Waals surface area (Å²) in [4.78, 5) is 25.9. The number of hydrogen-bond acceptors (Lipinski definition) is 14. The smallest absolute Gasteiger partial charge is 0.251 e. The van der Waals surface area contributed by atoms with Gasteiger partial charge in [0.1, 0.15) is 19.8 Å². The molecule has 0 radical (unpaired) electrons. The van der Waals surface area contributed by atoms with Gasteiger partial charge in [0.05, 0.1) is 99.1 Å². The number of terminal acetylenes is 1. The Morgan fingerprint density at radius 1 is 0.500 bits per heavy atom. The number of amides is 2. The van der Waals surface area contributed by atoms with Crippen LogP contribution in [-0.4, -0.2) is 165 Å². The Labute approximate surface area is 330 Å². The zero-order valence-electron chi connectivity index (χ0n) is 33.1. The van der Waals surface area contributed by atoms with Crippen molar-refractivity contribution in [2.75, 3.05) is 153 Å². The summed E-state index contributed by atoms with van der Waals surface area (Å²) in [6, 6.07) is 9.93. The Morgan fingerprint density at radius 2 is 0.857 bits per heavy atom. The molecule has 16 nitrogen and oxygen atoms in total. The van der Waals surface area contributed by atoms with Crippen LogP contribution in [0.15, 0.2) is 36.4 Å². The van der Waals surface area contributed by atoms with Gasteiger partial charge in [-0.25, -0.2) is 0 Å². The van der Waals surface area contributed by atoms with E-state index in [1.54, 1.807) is 57.7 Å². The first-order chi connectivity index (χ1) is 27.5. The number of methoxy groups -OCH3 is 3. The summed E-state index contributed by atoms with van der Waals surface area (Å²) in [7, 11) is 4.84. The van der Waals surface area contributed by atoms with Crippen LogP contribution < -0.4 is 24.8 Å². The summed E-state index contributed by atoms with van der Waals surface area (Å²) in [6.45, 7) is 7.20. The van der Waals surface area contributed by atoms with E-state index in [2.05, 4.69) is 16.6 Å². The lowest BCUT2D eigenvalue weighted by atomic mass is 10.1. The molecule has 0 atom stereocenters. The number of ether oxygens (including phenoxy) is 12. The summed E-state index contributed by atoms with van der Waals surface area (Å²) in [5.74, 6) is 2.79. The average Bonchev–Trinajstić information content (AvgIpc) is 3.22. The molecule has 0 unspecified atom stereocenters. The Morgan fingerprint density at radius 3 is 1.25 bits per heavy atom. The van der Waals surface area contributed by atoms with Crippen molar-refractivity contribution in [2.24, 2.45) is 0 Å². The fraction of sp³-hybridized carbons (Fsp3) is 0.600. The van der Waals surface area contributed by atoms with Crippen LogP contribution in [0.4, 0.5) is 0 Å². The SMILES string of the molecule is C#Cc1ccc(C(=O)NCCCNC(=O)c2cc(OCCOCCOCCOC)c(OCCOCCOCCOC)c(OCCOCCOCCOC)c2)cc1. The standard InChI is InChI=1S/C40H60N2O14/c1-5-33-7-9-34(10-8-33)39(43)41-11-6-12-42-40(44)35-31-36(54-28-25-51-22-19-48-16-13-45-2)38(56-30-27-53-24-21-50-18-15-47-4)37(32-35)55-29-26-52-23-20-49-17-14-46-3/h1,7-10,31-32H,6,11-30H2,2-4H3,(H,41,43)(H,42,44). The summed E-state index contributed by atoms with van der Waals surface area (Å²) >= 11 is 0. The van der Waals surface area contributed by atoms with E-state index in [1.165, 1.54) is 0 Å². The van der Waals surface area contributed by atoms with Crippen molar-refractivity contribution in [1.82, 2.24) is 10.6 Å². The minimum atomic E-state index is -0.367. The van der Waals surface area contributed by atoms with Gasteiger partial charge >= 0.3 is 0 Å². The third kappa shape index (κ3) is 22.5. The fourth-order valence-corrected chi connectivity index (χ4v) is 4.50. The lowest BCUT2D eigenvalue weighted by Crippen LogP contribution is -2.30. The van der Waals surface area contributed by atoms with E-state index >= 15 is 0 Å².